The molecule has 20 heavy (non-hydrogen) atoms. The molecule has 0 atom stereocenters. The fourth-order valence-corrected chi connectivity index (χ4v) is 2.69. The summed E-state index contributed by atoms with van der Waals surface area (Å²) in [5, 5.41) is 8.64. The molecule has 0 saturated carbocycles. The fraction of sp³-hybridized carbons (Fsp3) is 0.308. The molecule has 0 aliphatic rings. The topological polar surface area (TPSA) is 109 Å². The third-order valence-electron chi connectivity index (χ3n) is 2.38. The van der Waals surface area contributed by atoms with E-state index in [-0.39, 0.29) is 11.5 Å². The monoisotopic (exact) mass is 296 g/mol. The predicted molar refractivity (Wildman–Crippen MR) is 74.1 cm³/mol. The predicted octanol–water partition coefficient (Wildman–Crippen LogP) is -0.507. The Hall–Kier alpha value is -1.88. The summed E-state index contributed by atoms with van der Waals surface area (Å²) in [6, 6.07) is 4.73. The molecular formula is C13H16N2O4S. The van der Waals surface area contributed by atoms with E-state index in [9.17, 15) is 13.2 Å². The highest BCUT2D eigenvalue weighted by molar-refractivity contribution is 7.89. The normalized spacial score (nSPS) is 10.7. The number of hydrogen-bond donors (Lipinski definition) is 3. The number of carbonyl (C=O) groups is 1. The number of rotatable bonds is 5. The highest BCUT2D eigenvalue weighted by Crippen LogP contribution is 2.16. The number of benzene rings is 1. The van der Waals surface area contributed by atoms with Crippen molar-refractivity contribution in [2.24, 2.45) is 5.73 Å². The second-order valence-electron chi connectivity index (χ2n) is 4.05. The van der Waals surface area contributed by atoms with Crippen molar-refractivity contribution >= 4 is 15.9 Å². The van der Waals surface area contributed by atoms with E-state index in [1.807, 2.05) is 0 Å². The van der Waals surface area contributed by atoms with Crippen LogP contribution in [0.1, 0.15) is 17.5 Å². The van der Waals surface area contributed by atoms with Crippen LogP contribution >= 0.6 is 0 Å². The minimum absolute atomic E-state index is 0.0505. The number of aryl methyl sites for hydroxylation is 1. The van der Waals surface area contributed by atoms with Crippen LogP contribution in [-0.4, -0.2) is 32.6 Å². The summed E-state index contributed by atoms with van der Waals surface area (Å²) in [6.45, 7) is 1.14. The number of nitrogens with two attached hydrogens (primary N) is 1. The Balaban J connectivity index is 3.08. The standard InChI is InChI=1S/C13H16N2O4S/c1-10-5-6-11(4-2-3-7-16)8-12(10)20(18,19)15-9-13(14)17/h5-6,8,15-16H,3,7,9H2,1H3,(H2,14,17). The van der Waals surface area contributed by atoms with Gasteiger partial charge < -0.3 is 10.8 Å². The van der Waals surface area contributed by atoms with Gasteiger partial charge in [0.25, 0.3) is 0 Å². The highest BCUT2D eigenvalue weighted by Gasteiger charge is 2.17. The molecule has 0 radical (unpaired) electrons. The average molecular weight is 296 g/mol. The molecule has 0 aromatic heterocycles. The van der Waals surface area contributed by atoms with Gasteiger partial charge in [-0.3, -0.25) is 4.79 Å². The summed E-state index contributed by atoms with van der Waals surface area (Å²) in [7, 11) is -3.81. The Bertz CT molecular complexity index is 657. The van der Waals surface area contributed by atoms with Crippen molar-refractivity contribution in [3.05, 3.63) is 29.3 Å². The van der Waals surface area contributed by atoms with E-state index < -0.39 is 22.5 Å². The van der Waals surface area contributed by atoms with Crippen molar-refractivity contribution in [3.63, 3.8) is 0 Å². The molecule has 0 unspecified atom stereocenters. The van der Waals surface area contributed by atoms with E-state index in [0.29, 0.717) is 17.5 Å². The largest absolute Gasteiger partial charge is 0.395 e. The molecule has 7 heteroatoms. The summed E-state index contributed by atoms with van der Waals surface area (Å²) >= 11 is 0. The molecule has 1 rings (SSSR count). The van der Waals surface area contributed by atoms with Crippen LogP contribution in [0.2, 0.25) is 0 Å². The lowest BCUT2D eigenvalue weighted by atomic mass is 10.1. The number of carbonyl (C=O) groups excluding carboxylic acids is 1. The molecule has 6 nitrogen and oxygen atoms in total. The maximum atomic E-state index is 12.0. The van der Waals surface area contributed by atoms with Gasteiger partial charge in [0, 0.05) is 12.0 Å². The van der Waals surface area contributed by atoms with Gasteiger partial charge in [-0.05, 0) is 24.6 Å². The SMILES string of the molecule is Cc1ccc(C#CCCO)cc1S(=O)(=O)NCC(N)=O. The van der Waals surface area contributed by atoms with E-state index in [2.05, 4.69) is 16.6 Å². The zero-order chi connectivity index (χ0) is 15.2. The van der Waals surface area contributed by atoms with Gasteiger partial charge in [0.1, 0.15) is 0 Å². The highest BCUT2D eigenvalue weighted by atomic mass is 32.2. The van der Waals surface area contributed by atoms with E-state index in [0.717, 1.165) is 0 Å². The van der Waals surface area contributed by atoms with Gasteiger partial charge in [0.2, 0.25) is 15.9 Å². The molecule has 0 aliphatic heterocycles. The number of hydrogen-bond acceptors (Lipinski definition) is 4. The van der Waals surface area contributed by atoms with Crippen LogP contribution in [0.5, 0.6) is 0 Å². The molecular weight excluding hydrogens is 280 g/mol. The van der Waals surface area contributed by atoms with Crippen LogP contribution in [0.15, 0.2) is 23.1 Å². The Morgan fingerprint density at radius 3 is 2.75 bits per heavy atom. The summed E-state index contributed by atoms with van der Waals surface area (Å²) in [5.41, 5.74) is 5.97. The van der Waals surface area contributed by atoms with Crippen LogP contribution in [0.3, 0.4) is 0 Å². The minimum Gasteiger partial charge on any atom is -0.395 e. The van der Waals surface area contributed by atoms with Gasteiger partial charge in [-0.1, -0.05) is 17.9 Å². The molecule has 1 amide bonds. The number of amides is 1. The number of aliphatic hydroxyl groups is 1. The van der Waals surface area contributed by atoms with E-state index in [1.54, 1.807) is 19.1 Å². The first kappa shape index (κ1) is 16.2. The molecule has 108 valence electrons. The summed E-state index contributed by atoms with van der Waals surface area (Å²) < 4.78 is 26.2. The first-order chi connectivity index (χ1) is 9.36. The molecule has 0 fully saturated rings. The zero-order valence-electron chi connectivity index (χ0n) is 11.0. The lowest BCUT2D eigenvalue weighted by Gasteiger charge is -2.08. The van der Waals surface area contributed by atoms with E-state index >= 15 is 0 Å². The summed E-state index contributed by atoms with van der Waals surface area (Å²) in [5.74, 6) is 4.71. The second kappa shape index (κ2) is 7.05. The zero-order valence-corrected chi connectivity index (χ0v) is 11.8. The second-order valence-corrected chi connectivity index (χ2v) is 5.78. The molecule has 4 N–H and O–H groups in total. The third kappa shape index (κ3) is 4.66. The Morgan fingerprint density at radius 2 is 2.15 bits per heavy atom. The van der Waals surface area contributed by atoms with Gasteiger partial charge in [-0.2, -0.15) is 0 Å². The van der Waals surface area contributed by atoms with Crippen LogP contribution in [0.4, 0.5) is 0 Å². The van der Waals surface area contributed by atoms with Gasteiger partial charge in [-0.15, -0.1) is 0 Å². The fourth-order valence-electron chi connectivity index (χ4n) is 1.43. The third-order valence-corrected chi connectivity index (χ3v) is 3.93. The van der Waals surface area contributed by atoms with Crippen LogP contribution in [0, 0.1) is 18.8 Å². The maximum absolute atomic E-state index is 12.0. The quantitative estimate of drug-likeness (QED) is 0.636. The Kier molecular flexibility index (Phi) is 5.70. The van der Waals surface area contributed by atoms with Crippen molar-refractivity contribution in [2.45, 2.75) is 18.2 Å². The van der Waals surface area contributed by atoms with Crippen molar-refractivity contribution in [2.75, 3.05) is 13.2 Å². The van der Waals surface area contributed by atoms with E-state index in [1.165, 1.54) is 6.07 Å². The molecule has 0 bridgehead atoms. The van der Waals surface area contributed by atoms with Gasteiger partial charge in [0.15, 0.2) is 0 Å². The summed E-state index contributed by atoms with van der Waals surface area (Å²) in [4.78, 5) is 10.7. The van der Waals surface area contributed by atoms with Crippen LogP contribution in [0.25, 0.3) is 0 Å². The molecule has 0 saturated heterocycles. The van der Waals surface area contributed by atoms with E-state index in [4.69, 9.17) is 10.8 Å². The van der Waals surface area contributed by atoms with Crippen molar-refractivity contribution in [3.8, 4) is 11.8 Å². The molecule has 0 heterocycles. The number of sulfonamides is 1. The average Bonchev–Trinajstić information content (AvgIpc) is 2.38. The lowest BCUT2D eigenvalue weighted by molar-refractivity contribution is -0.116. The number of nitrogens with one attached hydrogen (secondary N) is 1. The Labute approximate surface area is 118 Å². The first-order valence-corrected chi connectivity index (χ1v) is 7.33. The Morgan fingerprint density at radius 1 is 1.45 bits per heavy atom. The first-order valence-electron chi connectivity index (χ1n) is 5.85. The van der Waals surface area contributed by atoms with Gasteiger partial charge in [0.05, 0.1) is 18.0 Å². The van der Waals surface area contributed by atoms with Crippen molar-refractivity contribution in [1.29, 1.82) is 0 Å². The number of primary amides is 1. The molecule has 1 aromatic rings. The molecule has 1 aromatic carbocycles. The van der Waals surface area contributed by atoms with Crippen molar-refractivity contribution in [1.82, 2.24) is 4.72 Å². The molecule has 0 spiro atoms. The molecule has 0 aliphatic carbocycles. The van der Waals surface area contributed by atoms with Crippen LogP contribution in [-0.2, 0) is 14.8 Å². The van der Waals surface area contributed by atoms with Gasteiger partial charge in [-0.25, -0.2) is 13.1 Å². The number of aliphatic hydroxyl groups excluding tert-OH is 1. The minimum atomic E-state index is -3.81. The summed E-state index contributed by atoms with van der Waals surface area (Å²) in [6.07, 6.45) is 0.315. The maximum Gasteiger partial charge on any atom is 0.241 e. The lowest BCUT2D eigenvalue weighted by Crippen LogP contribution is -2.33. The van der Waals surface area contributed by atoms with Gasteiger partial charge >= 0.3 is 0 Å². The van der Waals surface area contributed by atoms with Crippen molar-refractivity contribution < 1.29 is 18.3 Å². The smallest absolute Gasteiger partial charge is 0.241 e. The van der Waals surface area contributed by atoms with Crippen LogP contribution < -0.4 is 10.5 Å².